The van der Waals surface area contributed by atoms with Crippen LogP contribution < -0.4 is 0 Å². The quantitative estimate of drug-likeness (QED) is 0.468. The number of unbranched alkanes of at least 4 members (excludes halogenated alkanes) is 1. The molecule has 0 heterocycles. The van der Waals surface area contributed by atoms with Crippen molar-refractivity contribution in [1.82, 2.24) is 0 Å². The fraction of sp³-hybridized carbons (Fsp3) is 1.00. The molecule has 0 atom stereocenters. The van der Waals surface area contributed by atoms with Crippen molar-refractivity contribution in [1.29, 1.82) is 0 Å². The third-order valence-corrected chi connectivity index (χ3v) is 2.35. The predicted molar refractivity (Wildman–Crippen MR) is 58.1 cm³/mol. The molecule has 0 saturated carbocycles. The van der Waals surface area contributed by atoms with Gasteiger partial charge in [0.05, 0.1) is 0 Å². The normalized spacial score (nSPS) is 13.5. The lowest BCUT2D eigenvalue weighted by Crippen LogP contribution is -2.04. The van der Waals surface area contributed by atoms with E-state index in [0.717, 1.165) is 0 Å². The SMILES string of the molecule is CC(C)([Si])CCCCC(C)(C)[Si]. The van der Waals surface area contributed by atoms with Crippen LogP contribution in [-0.4, -0.2) is 20.5 Å². The van der Waals surface area contributed by atoms with Gasteiger partial charge in [0.2, 0.25) is 0 Å². The van der Waals surface area contributed by atoms with E-state index in [0.29, 0.717) is 10.1 Å². The van der Waals surface area contributed by atoms with Crippen LogP contribution in [0.25, 0.3) is 0 Å². The van der Waals surface area contributed by atoms with E-state index >= 15 is 0 Å². The Morgan fingerprint density at radius 3 is 1.17 bits per heavy atom. The second-order valence-corrected chi connectivity index (χ2v) is 7.68. The Morgan fingerprint density at radius 2 is 1.00 bits per heavy atom. The minimum Gasteiger partial charge on any atom is -0.0631 e. The molecule has 0 aromatic carbocycles. The summed E-state index contributed by atoms with van der Waals surface area (Å²) >= 11 is 0. The van der Waals surface area contributed by atoms with Gasteiger partial charge in [0.15, 0.2) is 0 Å². The fourth-order valence-corrected chi connectivity index (χ4v) is 1.49. The van der Waals surface area contributed by atoms with E-state index in [1.54, 1.807) is 0 Å². The second-order valence-electron chi connectivity index (χ2n) is 4.97. The van der Waals surface area contributed by atoms with Gasteiger partial charge in [-0.3, -0.25) is 0 Å². The highest BCUT2D eigenvalue weighted by Gasteiger charge is 2.12. The lowest BCUT2D eigenvalue weighted by molar-refractivity contribution is 0.504. The molecule has 0 aliphatic carbocycles. The Balaban J connectivity index is 3.35. The maximum atomic E-state index is 3.70. The van der Waals surface area contributed by atoms with Gasteiger partial charge < -0.3 is 0 Å². The summed E-state index contributed by atoms with van der Waals surface area (Å²) in [6.07, 6.45) is 5.13. The van der Waals surface area contributed by atoms with Crippen LogP contribution in [0.1, 0.15) is 53.4 Å². The van der Waals surface area contributed by atoms with Crippen molar-refractivity contribution in [2.45, 2.75) is 63.5 Å². The molecule has 0 fully saturated rings. The summed E-state index contributed by atoms with van der Waals surface area (Å²) in [5, 5.41) is 0.631. The molecule has 0 amide bonds. The number of rotatable bonds is 5. The molecule has 0 nitrogen and oxygen atoms in total. The summed E-state index contributed by atoms with van der Waals surface area (Å²) in [4.78, 5) is 0. The first kappa shape index (κ1) is 12.4. The summed E-state index contributed by atoms with van der Waals surface area (Å²) in [5.41, 5.74) is 0. The smallest absolute Gasteiger partial charge is 0.0305 e. The zero-order valence-electron chi connectivity index (χ0n) is 8.83. The fourth-order valence-electron chi connectivity index (χ4n) is 1.13. The van der Waals surface area contributed by atoms with E-state index in [1.807, 2.05) is 0 Å². The summed E-state index contributed by atoms with van der Waals surface area (Å²) < 4.78 is 0. The maximum Gasteiger partial charge on any atom is 0.0305 e. The van der Waals surface area contributed by atoms with Crippen molar-refractivity contribution in [2.75, 3.05) is 0 Å². The molecule has 0 aromatic rings. The van der Waals surface area contributed by atoms with E-state index < -0.39 is 0 Å². The van der Waals surface area contributed by atoms with E-state index in [9.17, 15) is 0 Å². The average Bonchev–Trinajstić information content (AvgIpc) is 1.76. The lowest BCUT2D eigenvalue weighted by Gasteiger charge is -2.20. The number of hydrogen-bond acceptors (Lipinski definition) is 0. The van der Waals surface area contributed by atoms with Crippen molar-refractivity contribution in [3.05, 3.63) is 0 Å². The summed E-state index contributed by atoms with van der Waals surface area (Å²) in [6, 6.07) is 0. The van der Waals surface area contributed by atoms with Crippen LogP contribution in [0.4, 0.5) is 0 Å². The van der Waals surface area contributed by atoms with Crippen molar-refractivity contribution in [2.24, 2.45) is 0 Å². The zero-order chi connectivity index (χ0) is 9.83. The summed E-state index contributed by atoms with van der Waals surface area (Å²) in [5.74, 6) is 0. The van der Waals surface area contributed by atoms with Gasteiger partial charge in [0, 0.05) is 20.5 Å². The summed E-state index contributed by atoms with van der Waals surface area (Å²) in [7, 11) is 7.39. The molecule has 0 unspecified atom stereocenters. The minimum atomic E-state index is 0.315. The third kappa shape index (κ3) is 10.4. The Morgan fingerprint density at radius 1 is 0.750 bits per heavy atom. The van der Waals surface area contributed by atoms with E-state index in [4.69, 9.17) is 0 Å². The predicted octanol–water partition coefficient (Wildman–Crippen LogP) is 3.28. The Labute approximate surface area is 84.4 Å². The van der Waals surface area contributed by atoms with Gasteiger partial charge in [0.25, 0.3) is 0 Å². The molecular formula is C10H20Si2. The molecule has 6 radical (unpaired) electrons. The van der Waals surface area contributed by atoms with Crippen LogP contribution in [0.15, 0.2) is 0 Å². The molecule has 0 aromatic heterocycles. The van der Waals surface area contributed by atoms with Crippen LogP contribution in [0.5, 0.6) is 0 Å². The lowest BCUT2D eigenvalue weighted by atomic mass is 10.00. The highest BCUT2D eigenvalue weighted by molar-refractivity contribution is 6.14. The second kappa shape index (κ2) is 4.61. The highest BCUT2D eigenvalue weighted by Crippen LogP contribution is 2.30. The maximum absolute atomic E-state index is 3.70. The Kier molecular flexibility index (Phi) is 4.78. The van der Waals surface area contributed by atoms with E-state index in [-0.39, 0.29) is 0 Å². The average molecular weight is 196 g/mol. The molecule has 0 spiro atoms. The van der Waals surface area contributed by atoms with Gasteiger partial charge in [-0.25, -0.2) is 0 Å². The number of hydrogen-bond donors (Lipinski definition) is 0. The molecular weight excluding hydrogens is 176 g/mol. The molecule has 0 bridgehead atoms. The Hall–Kier alpha value is 0.434. The van der Waals surface area contributed by atoms with Crippen molar-refractivity contribution >= 4 is 20.5 Å². The minimum absolute atomic E-state index is 0.315. The van der Waals surface area contributed by atoms with Gasteiger partial charge in [-0.05, 0) is 10.1 Å². The van der Waals surface area contributed by atoms with Crippen LogP contribution in [-0.2, 0) is 0 Å². The highest BCUT2D eigenvalue weighted by atomic mass is 28.1. The topological polar surface area (TPSA) is 0 Å². The molecule has 0 rings (SSSR count). The molecule has 12 heavy (non-hydrogen) atoms. The van der Waals surface area contributed by atoms with Crippen molar-refractivity contribution in [3.8, 4) is 0 Å². The Bertz CT molecular complexity index is 101. The van der Waals surface area contributed by atoms with Gasteiger partial charge in [-0.2, -0.15) is 0 Å². The van der Waals surface area contributed by atoms with Crippen LogP contribution in [0.2, 0.25) is 10.1 Å². The largest absolute Gasteiger partial charge is 0.0631 e. The summed E-state index contributed by atoms with van der Waals surface area (Å²) in [6.45, 7) is 8.90. The van der Waals surface area contributed by atoms with Crippen LogP contribution in [0.3, 0.4) is 0 Å². The zero-order valence-corrected chi connectivity index (χ0v) is 10.8. The first-order chi connectivity index (χ1) is 5.21. The standard InChI is InChI=1S/C10H20Si2/c1-9(2,11)7-5-6-8-10(3,4)12/h5-8H2,1-4H3. The molecule has 68 valence electrons. The van der Waals surface area contributed by atoms with E-state index in [2.05, 4.69) is 48.2 Å². The first-order valence-electron chi connectivity index (χ1n) is 4.71. The van der Waals surface area contributed by atoms with E-state index in [1.165, 1.54) is 25.7 Å². The van der Waals surface area contributed by atoms with Crippen LogP contribution in [0, 0.1) is 0 Å². The van der Waals surface area contributed by atoms with Gasteiger partial charge in [0.1, 0.15) is 0 Å². The molecule has 2 heteroatoms. The first-order valence-corrected chi connectivity index (χ1v) is 5.71. The third-order valence-electron chi connectivity index (χ3n) is 1.85. The molecule has 0 aliphatic rings. The van der Waals surface area contributed by atoms with Gasteiger partial charge in [-0.15, -0.1) is 0 Å². The van der Waals surface area contributed by atoms with Gasteiger partial charge >= 0.3 is 0 Å². The van der Waals surface area contributed by atoms with Crippen molar-refractivity contribution in [3.63, 3.8) is 0 Å². The molecule has 0 saturated heterocycles. The van der Waals surface area contributed by atoms with Gasteiger partial charge in [-0.1, -0.05) is 53.4 Å². The monoisotopic (exact) mass is 196 g/mol. The van der Waals surface area contributed by atoms with Crippen LogP contribution >= 0.6 is 0 Å². The molecule has 0 aliphatic heterocycles. The van der Waals surface area contributed by atoms with Crippen molar-refractivity contribution < 1.29 is 0 Å². The molecule has 0 N–H and O–H groups in total.